The Morgan fingerprint density at radius 3 is 2.50 bits per heavy atom. The van der Waals surface area contributed by atoms with E-state index in [0.29, 0.717) is 6.10 Å². The Morgan fingerprint density at radius 2 is 2.00 bits per heavy atom. The van der Waals surface area contributed by atoms with Crippen LogP contribution in [0.1, 0.15) is 40.0 Å². The van der Waals surface area contributed by atoms with Crippen molar-refractivity contribution >= 4 is 0 Å². The highest BCUT2D eigenvalue weighted by Crippen LogP contribution is 2.34. The quantitative estimate of drug-likeness (QED) is 0.616. The van der Waals surface area contributed by atoms with Gasteiger partial charge in [0.25, 0.3) is 0 Å². The summed E-state index contributed by atoms with van der Waals surface area (Å²) in [7, 11) is 3.58. The van der Waals surface area contributed by atoms with Gasteiger partial charge in [0.1, 0.15) is 0 Å². The zero-order valence-corrected chi connectivity index (χ0v) is 8.55. The number of ether oxygens (including phenoxy) is 1. The molecule has 0 spiro atoms. The second-order valence-corrected chi connectivity index (χ2v) is 4.53. The van der Waals surface area contributed by atoms with Crippen LogP contribution < -0.4 is 0 Å². The van der Waals surface area contributed by atoms with E-state index in [1.165, 1.54) is 19.3 Å². The molecule has 0 aromatic heterocycles. The van der Waals surface area contributed by atoms with Gasteiger partial charge in [-0.1, -0.05) is 27.2 Å². The summed E-state index contributed by atoms with van der Waals surface area (Å²) in [5.74, 6) is 2.30. The van der Waals surface area contributed by atoms with Crippen molar-refractivity contribution in [1.82, 2.24) is 0 Å². The summed E-state index contributed by atoms with van der Waals surface area (Å²) in [5.41, 5.74) is 0. The normalized spacial score (nSPS) is 37.2. The Labute approximate surface area is 76.5 Å². The van der Waals surface area contributed by atoms with Crippen LogP contribution in [0.4, 0.5) is 0 Å². The Morgan fingerprint density at radius 1 is 1.33 bits per heavy atom. The Hall–Kier alpha value is -0.0400. The first kappa shape index (κ1) is 10.0. The van der Waals surface area contributed by atoms with Gasteiger partial charge >= 0.3 is 0 Å². The van der Waals surface area contributed by atoms with Crippen molar-refractivity contribution in [3.8, 4) is 0 Å². The lowest BCUT2D eigenvalue weighted by Crippen LogP contribution is -2.32. The molecule has 0 heterocycles. The molecule has 0 aromatic rings. The molecule has 0 bridgehead atoms. The van der Waals surface area contributed by atoms with Gasteiger partial charge in [-0.3, -0.25) is 0 Å². The minimum absolute atomic E-state index is 0.411. The van der Waals surface area contributed by atoms with Crippen molar-refractivity contribution in [3.05, 3.63) is 7.11 Å². The molecule has 71 valence electrons. The largest absolute Gasteiger partial charge is 0.376 e. The van der Waals surface area contributed by atoms with Gasteiger partial charge in [-0.05, 0) is 30.6 Å². The molecule has 1 heteroatoms. The molecule has 0 aromatic carbocycles. The zero-order valence-electron chi connectivity index (χ0n) is 8.55. The van der Waals surface area contributed by atoms with Crippen molar-refractivity contribution in [3.63, 3.8) is 0 Å². The van der Waals surface area contributed by atoms with Crippen LogP contribution >= 0.6 is 0 Å². The van der Waals surface area contributed by atoms with E-state index < -0.39 is 0 Å². The Balaban J connectivity index is 2.50. The van der Waals surface area contributed by atoms with Crippen LogP contribution in [-0.4, -0.2) is 6.10 Å². The van der Waals surface area contributed by atoms with E-state index in [-0.39, 0.29) is 0 Å². The van der Waals surface area contributed by atoms with Crippen LogP contribution in [0.2, 0.25) is 0 Å². The Kier molecular flexibility index (Phi) is 3.57. The second-order valence-electron chi connectivity index (χ2n) is 4.53. The summed E-state index contributed by atoms with van der Waals surface area (Å²) in [6.07, 6.45) is 4.29. The minimum atomic E-state index is 0.411. The topological polar surface area (TPSA) is 9.23 Å². The van der Waals surface area contributed by atoms with E-state index in [1.807, 2.05) is 0 Å². The van der Waals surface area contributed by atoms with Gasteiger partial charge in [0.2, 0.25) is 0 Å². The molecule has 1 rings (SSSR count). The third kappa shape index (κ3) is 2.22. The van der Waals surface area contributed by atoms with E-state index in [0.717, 1.165) is 17.8 Å². The maximum atomic E-state index is 5.29. The molecule has 0 N–H and O–H groups in total. The fraction of sp³-hybridized carbons (Fsp3) is 0.909. The standard InChI is InChI=1S/C11H21O/c1-8(2)10-6-5-9(3)7-11(10)12-4/h8-11H,4-7H2,1-3H3. The smallest absolute Gasteiger partial charge is 0.0704 e. The SMILES string of the molecule is [CH2]OC1CC(C)CCC1C(C)C. The fourth-order valence-corrected chi connectivity index (χ4v) is 2.31. The van der Waals surface area contributed by atoms with Crippen LogP contribution in [0.25, 0.3) is 0 Å². The van der Waals surface area contributed by atoms with Gasteiger partial charge in [0, 0.05) is 0 Å². The third-order valence-corrected chi connectivity index (χ3v) is 3.18. The summed E-state index contributed by atoms with van der Waals surface area (Å²) in [6, 6.07) is 0. The van der Waals surface area contributed by atoms with Crippen LogP contribution in [0.3, 0.4) is 0 Å². The average Bonchev–Trinajstić information content (AvgIpc) is 2.03. The van der Waals surface area contributed by atoms with Crippen molar-refractivity contribution in [2.24, 2.45) is 17.8 Å². The predicted molar refractivity (Wildman–Crippen MR) is 51.6 cm³/mol. The maximum absolute atomic E-state index is 5.29. The molecule has 1 nitrogen and oxygen atoms in total. The molecule has 12 heavy (non-hydrogen) atoms. The second kappa shape index (κ2) is 4.27. The zero-order chi connectivity index (χ0) is 9.14. The lowest BCUT2D eigenvalue weighted by Gasteiger charge is -2.36. The van der Waals surface area contributed by atoms with Crippen LogP contribution in [-0.2, 0) is 4.74 Å². The number of rotatable bonds is 2. The predicted octanol–water partition coefficient (Wildman–Crippen LogP) is 3.26. The molecular formula is C11H21O. The maximum Gasteiger partial charge on any atom is 0.0704 e. The molecule has 1 aliphatic carbocycles. The molecule has 3 atom stereocenters. The summed E-state index contributed by atoms with van der Waals surface area (Å²) in [6.45, 7) is 6.88. The highest BCUT2D eigenvalue weighted by atomic mass is 16.5. The van der Waals surface area contributed by atoms with Crippen molar-refractivity contribution in [1.29, 1.82) is 0 Å². The summed E-state index contributed by atoms with van der Waals surface area (Å²) >= 11 is 0. The number of hydrogen-bond donors (Lipinski definition) is 0. The lowest BCUT2D eigenvalue weighted by molar-refractivity contribution is 0.00996. The van der Waals surface area contributed by atoms with E-state index in [2.05, 4.69) is 27.9 Å². The Bertz CT molecular complexity index is 131. The lowest BCUT2D eigenvalue weighted by atomic mass is 9.75. The first-order valence-electron chi connectivity index (χ1n) is 5.06. The summed E-state index contributed by atoms with van der Waals surface area (Å²) in [4.78, 5) is 0. The summed E-state index contributed by atoms with van der Waals surface area (Å²) in [5, 5.41) is 0. The van der Waals surface area contributed by atoms with E-state index >= 15 is 0 Å². The van der Waals surface area contributed by atoms with Gasteiger partial charge in [0.15, 0.2) is 0 Å². The summed E-state index contributed by atoms with van der Waals surface area (Å²) < 4.78 is 5.29. The van der Waals surface area contributed by atoms with Crippen LogP contribution in [0, 0.1) is 24.9 Å². The van der Waals surface area contributed by atoms with E-state index in [1.54, 1.807) is 0 Å². The molecular weight excluding hydrogens is 148 g/mol. The molecule has 0 amide bonds. The highest BCUT2D eigenvalue weighted by Gasteiger charge is 2.30. The van der Waals surface area contributed by atoms with Gasteiger partial charge in [0.05, 0.1) is 13.2 Å². The molecule has 1 radical (unpaired) electrons. The van der Waals surface area contributed by atoms with Gasteiger partial charge in [-0.25, -0.2) is 0 Å². The molecule has 0 saturated heterocycles. The van der Waals surface area contributed by atoms with E-state index in [9.17, 15) is 0 Å². The monoisotopic (exact) mass is 169 g/mol. The fourth-order valence-electron chi connectivity index (χ4n) is 2.31. The minimum Gasteiger partial charge on any atom is -0.376 e. The van der Waals surface area contributed by atoms with Gasteiger partial charge in [-0.2, -0.15) is 0 Å². The van der Waals surface area contributed by atoms with Crippen molar-refractivity contribution < 1.29 is 4.74 Å². The molecule has 0 aliphatic heterocycles. The molecule has 1 saturated carbocycles. The molecule has 1 fully saturated rings. The first-order valence-corrected chi connectivity index (χ1v) is 5.06. The van der Waals surface area contributed by atoms with Gasteiger partial charge in [-0.15, -0.1) is 0 Å². The molecule has 3 unspecified atom stereocenters. The average molecular weight is 169 g/mol. The van der Waals surface area contributed by atoms with Crippen LogP contribution in [0.15, 0.2) is 0 Å². The number of hydrogen-bond acceptors (Lipinski definition) is 1. The third-order valence-electron chi connectivity index (χ3n) is 3.18. The van der Waals surface area contributed by atoms with E-state index in [4.69, 9.17) is 4.74 Å². The molecule has 1 aliphatic rings. The van der Waals surface area contributed by atoms with Crippen molar-refractivity contribution in [2.45, 2.75) is 46.1 Å². The van der Waals surface area contributed by atoms with Gasteiger partial charge < -0.3 is 4.74 Å². The van der Waals surface area contributed by atoms with Crippen LogP contribution in [0.5, 0.6) is 0 Å². The van der Waals surface area contributed by atoms with Crippen molar-refractivity contribution in [2.75, 3.05) is 0 Å². The first-order chi connectivity index (χ1) is 5.65. The highest BCUT2D eigenvalue weighted by molar-refractivity contribution is 4.81.